The van der Waals surface area contributed by atoms with Crippen LogP contribution in [0.4, 0.5) is 0 Å². The van der Waals surface area contributed by atoms with Crippen molar-refractivity contribution in [2.24, 2.45) is 11.7 Å². The highest BCUT2D eigenvalue weighted by Crippen LogP contribution is 2.40. The van der Waals surface area contributed by atoms with E-state index in [4.69, 9.17) is 18.0 Å². The van der Waals surface area contributed by atoms with Crippen LogP contribution in [-0.4, -0.2) is 22.5 Å². The first-order chi connectivity index (χ1) is 9.24. The molecule has 1 aromatic carbocycles. The molecule has 3 heteroatoms. The predicted molar refractivity (Wildman–Crippen MR) is 83.0 cm³/mol. The molecule has 1 aromatic rings. The van der Waals surface area contributed by atoms with E-state index < -0.39 is 0 Å². The molecule has 19 heavy (non-hydrogen) atoms. The van der Waals surface area contributed by atoms with E-state index in [0.717, 1.165) is 18.4 Å². The third-order valence-corrected chi connectivity index (χ3v) is 4.33. The van der Waals surface area contributed by atoms with Crippen molar-refractivity contribution >= 4 is 17.2 Å². The molecule has 2 N–H and O–H groups in total. The van der Waals surface area contributed by atoms with Gasteiger partial charge in [-0.15, -0.1) is 0 Å². The van der Waals surface area contributed by atoms with Crippen LogP contribution in [0.25, 0.3) is 0 Å². The van der Waals surface area contributed by atoms with Crippen LogP contribution in [-0.2, 0) is 0 Å². The Bertz CT molecular complexity index is 437. The Kier molecular flexibility index (Phi) is 3.85. The summed E-state index contributed by atoms with van der Waals surface area (Å²) in [4.78, 5) is 3.31. The fourth-order valence-electron chi connectivity index (χ4n) is 2.83. The molecule has 2 aliphatic rings. The maximum absolute atomic E-state index is 5.84. The van der Waals surface area contributed by atoms with Crippen LogP contribution in [0.3, 0.4) is 0 Å². The molecule has 0 aliphatic heterocycles. The summed E-state index contributed by atoms with van der Waals surface area (Å²) in [6.45, 7) is 1.23. The molecule has 102 valence electrons. The van der Waals surface area contributed by atoms with E-state index in [0.29, 0.717) is 11.0 Å². The Morgan fingerprint density at radius 3 is 2.42 bits per heavy atom. The molecule has 1 atom stereocenters. The number of rotatable bonds is 7. The summed E-state index contributed by atoms with van der Waals surface area (Å²) in [6.07, 6.45) is 6.29. The minimum atomic E-state index is 0.381. The third kappa shape index (κ3) is 3.54. The SMILES string of the molecule is NC(=S)CC(c1ccccc1)N(CC1CC1)C1CC1. The third-order valence-electron chi connectivity index (χ3n) is 4.16. The van der Waals surface area contributed by atoms with E-state index in [1.54, 1.807) is 0 Å². The first kappa shape index (κ1) is 13.1. The molecule has 2 nitrogen and oxygen atoms in total. The van der Waals surface area contributed by atoms with Gasteiger partial charge in [0, 0.05) is 25.0 Å². The first-order valence-corrected chi connectivity index (χ1v) is 7.74. The zero-order valence-electron chi connectivity index (χ0n) is 11.3. The van der Waals surface area contributed by atoms with E-state index in [-0.39, 0.29) is 0 Å². The summed E-state index contributed by atoms with van der Waals surface area (Å²) in [5.74, 6) is 0.915. The first-order valence-electron chi connectivity index (χ1n) is 7.33. The number of hydrogen-bond donors (Lipinski definition) is 1. The van der Waals surface area contributed by atoms with Crippen molar-refractivity contribution < 1.29 is 0 Å². The van der Waals surface area contributed by atoms with Gasteiger partial charge in [0.25, 0.3) is 0 Å². The highest BCUT2D eigenvalue weighted by atomic mass is 32.1. The maximum Gasteiger partial charge on any atom is 0.0746 e. The van der Waals surface area contributed by atoms with Crippen molar-refractivity contribution in [2.45, 2.75) is 44.2 Å². The van der Waals surface area contributed by atoms with Crippen LogP contribution in [0, 0.1) is 5.92 Å². The monoisotopic (exact) mass is 274 g/mol. The molecule has 0 amide bonds. The summed E-state index contributed by atoms with van der Waals surface area (Å²) in [5.41, 5.74) is 7.20. The normalized spacial score (nSPS) is 20.5. The van der Waals surface area contributed by atoms with Crippen LogP contribution in [0.1, 0.15) is 43.7 Å². The van der Waals surface area contributed by atoms with Crippen molar-refractivity contribution in [3.63, 3.8) is 0 Å². The standard InChI is InChI=1S/C16H22N2S/c17-16(19)10-15(13-4-2-1-3-5-13)18(14-8-9-14)11-12-6-7-12/h1-5,12,14-15H,6-11H2,(H2,17,19). The van der Waals surface area contributed by atoms with Gasteiger partial charge in [-0.2, -0.15) is 0 Å². The summed E-state index contributed by atoms with van der Waals surface area (Å²) >= 11 is 5.18. The summed E-state index contributed by atoms with van der Waals surface area (Å²) in [7, 11) is 0. The second-order valence-corrected chi connectivity index (χ2v) is 6.49. The molecule has 0 heterocycles. The smallest absolute Gasteiger partial charge is 0.0746 e. The summed E-state index contributed by atoms with van der Waals surface area (Å²) in [5, 5.41) is 0. The van der Waals surface area contributed by atoms with E-state index in [9.17, 15) is 0 Å². The predicted octanol–water partition coefficient (Wildman–Crippen LogP) is 3.28. The van der Waals surface area contributed by atoms with Gasteiger partial charge in [-0.05, 0) is 37.2 Å². The van der Waals surface area contributed by atoms with Gasteiger partial charge < -0.3 is 5.73 Å². The minimum absolute atomic E-state index is 0.381. The van der Waals surface area contributed by atoms with Gasteiger partial charge in [0.1, 0.15) is 0 Å². The molecule has 0 bridgehead atoms. The van der Waals surface area contributed by atoms with Crippen LogP contribution < -0.4 is 5.73 Å². The van der Waals surface area contributed by atoms with Crippen molar-refractivity contribution in [3.8, 4) is 0 Å². The van der Waals surface area contributed by atoms with Gasteiger partial charge in [-0.3, -0.25) is 4.90 Å². The van der Waals surface area contributed by atoms with Gasteiger partial charge in [0.05, 0.1) is 4.99 Å². The van der Waals surface area contributed by atoms with Crippen molar-refractivity contribution in [3.05, 3.63) is 35.9 Å². The van der Waals surface area contributed by atoms with Gasteiger partial charge in [-0.1, -0.05) is 42.5 Å². The van der Waals surface area contributed by atoms with Crippen LogP contribution >= 0.6 is 12.2 Å². The molecular weight excluding hydrogens is 252 g/mol. The second-order valence-electron chi connectivity index (χ2n) is 5.97. The Morgan fingerprint density at radius 1 is 1.21 bits per heavy atom. The molecule has 2 fully saturated rings. The largest absolute Gasteiger partial charge is 0.393 e. The lowest BCUT2D eigenvalue weighted by Gasteiger charge is -2.32. The Morgan fingerprint density at radius 2 is 1.89 bits per heavy atom. The van der Waals surface area contributed by atoms with Crippen molar-refractivity contribution in [2.75, 3.05) is 6.54 Å². The molecular formula is C16H22N2S. The highest BCUT2D eigenvalue weighted by molar-refractivity contribution is 7.80. The fourth-order valence-corrected chi connectivity index (χ4v) is 2.99. The molecule has 0 radical (unpaired) electrons. The van der Waals surface area contributed by atoms with Gasteiger partial charge in [-0.25, -0.2) is 0 Å². The van der Waals surface area contributed by atoms with Gasteiger partial charge in [0.2, 0.25) is 0 Å². The van der Waals surface area contributed by atoms with Crippen LogP contribution in [0.5, 0.6) is 0 Å². The number of thiocarbonyl (C=S) groups is 1. The van der Waals surface area contributed by atoms with E-state index in [2.05, 4.69) is 35.2 Å². The number of nitrogens with zero attached hydrogens (tertiary/aromatic N) is 1. The molecule has 3 rings (SSSR count). The molecule has 1 unspecified atom stereocenters. The summed E-state index contributed by atoms with van der Waals surface area (Å²) < 4.78 is 0. The molecule has 2 aliphatic carbocycles. The maximum atomic E-state index is 5.84. The highest BCUT2D eigenvalue weighted by Gasteiger charge is 2.38. The lowest BCUT2D eigenvalue weighted by atomic mass is 10.0. The van der Waals surface area contributed by atoms with Crippen LogP contribution in [0.2, 0.25) is 0 Å². The summed E-state index contributed by atoms with van der Waals surface area (Å²) in [6, 6.07) is 11.9. The fraction of sp³-hybridized carbons (Fsp3) is 0.562. The minimum Gasteiger partial charge on any atom is -0.393 e. The zero-order chi connectivity index (χ0) is 13.2. The van der Waals surface area contributed by atoms with Gasteiger partial charge >= 0.3 is 0 Å². The zero-order valence-corrected chi connectivity index (χ0v) is 12.1. The average Bonchev–Trinajstić information content (AvgIpc) is 3.27. The van der Waals surface area contributed by atoms with E-state index >= 15 is 0 Å². The molecule has 0 aromatic heterocycles. The molecule has 0 spiro atoms. The van der Waals surface area contributed by atoms with Crippen LogP contribution in [0.15, 0.2) is 30.3 Å². The van der Waals surface area contributed by atoms with E-state index in [1.807, 2.05) is 0 Å². The lowest BCUT2D eigenvalue weighted by molar-refractivity contribution is 0.182. The number of nitrogens with two attached hydrogens (primary N) is 1. The Labute approximate surface area is 121 Å². The number of benzene rings is 1. The molecule has 0 saturated heterocycles. The number of hydrogen-bond acceptors (Lipinski definition) is 2. The lowest BCUT2D eigenvalue weighted by Crippen LogP contribution is -2.35. The molecule has 2 saturated carbocycles. The Hall–Kier alpha value is -0.930. The Balaban J connectivity index is 1.80. The van der Waals surface area contributed by atoms with Crippen molar-refractivity contribution in [1.82, 2.24) is 4.90 Å². The average molecular weight is 274 g/mol. The van der Waals surface area contributed by atoms with E-state index in [1.165, 1.54) is 37.8 Å². The topological polar surface area (TPSA) is 29.3 Å². The quantitative estimate of drug-likeness (QED) is 0.774. The second kappa shape index (κ2) is 5.59. The van der Waals surface area contributed by atoms with Crippen molar-refractivity contribution in [1.29, 1.82) is 0 Å². The van der Waals surface area contributed by atoms with Gasteiger partial charge in [0.15, 0.2) is 0 Å².